The number of fused-ring (bicyclic) bond motifs is 2. The van der Waals surface area contributed by atoms with Gasteiger partial charge in [-0.15, -0.1) is 11.0 Å². The minimum atomic E-state index is -3.89. The van der Waals surface area contributed by atoms with Gasteiger partial charge in [-0.1, -0.05) is 40.6 Å². The number of hydrogen-bond acceptors (Lipinski definition) is 10. The number of carbonyl (C=O) groups is 1. The lowest BCUT2D eigenvalue weighted by Crippen LogP contribution is -2.53. The molecule has 2 aromatic rings. The van der Waals surface area contributed by atoms with Crippen molar-refractivity contribution < 1.29 is 32.3 Å². The van der Waals surface area contributed by atoms with Crippen LogP contribution in [0.2, 0.25) is 0 Å². The number of Topliss-reactive ketones (excluding diaryl/α,β-unsaturated/α-hetero) is 1. The maximum atomic E-state index is 14.0. The van der Waals surface area contributed by atoms with Crippen LogP contribution in [0.25, 0.3) is 5.76 Å². The molecule has 0 amide bonds. The Kier molecular flexibility index (Phi) is 6.49. The second-order valence-corrected chi connectivity index (χ2v) is 12.0. The van der Waals surface area contributed by atoms with Crippen LogP contribution in [0.3, 0.4) is 0 Å². The summed E-state index contributed by atoms with van der Waals surface area (Å²) >= 11 is 0. The Morgan fingerprint density at radius 2 is 1.94 bits per heavy atom. The standard InChI is InChI=1S/C23H26N4O7S2/c1-13(2)12-23(27-34-3)16-8-6-5-7-15(16)20(28)19(21(23)29)22-24-17-10-9-14(25-35(4,30)31)11-18(17)36(32,33)26-22/h5-11,25,27-28,32-33H,1,12H2,2-4H3,(H,24,26). The van der Waals surface area contributed by atoms with Gasteiger partial charge in [-0.2, -0.15) is 5.48 Å². The zero-order valence-electron chi connectivity index (χ0n) is 19.7. The first kappa shape index (κ1) is 25.9. The van der Waals surface area contributed by atoms with Gasteiger partial charge in [-0.05, 0) is 37.1 Å². The number of anilines is 2. The molecule has 13 heteroatoms. The molecule has 0 saturated heterocycles. The number of hydroxylamine groups is 1. The molecule has 0 saturated carbocycles. The van der Waals surface area contributed by atoms with Gasteiger partial charge in [-0.3, -0.25) is 18.6 Å². The van der Waals surface area contributed by atoms with Gasteiger partial charge in [0.25, 0.3) is 0 Å². The molecule has 0 spiro atoms. The SMILES string of the molecule is C=C(C)CC1(NOC)C(=O)C(C2=NS(O)(O)c3cc(NS(C)(=O)=O)ccc3N2)=C(O)c2ccccc21. The molecular formula is C23H26N4O7S2. The predicted molar refractivity (Wildman–Crippen MR) is 139 cm³/mol. The van der Waals surface area contributed by atoms with Crippen LogP contribution in [0.1, 0.15) is 24.5 Å². The summed E-state index contributed by atoms with van der Waals surface area (Å²) in [7, 11) is -6.14. The molecule has 1 heterocycles. The minimum Gasteiger partial charge on any atom is -0.506 e. The van der Waals surface area contributed by atoms with Gasteiger partial charge in [0.2, 0.25) is 10.0 Å². The van der Waals surface area contributed by atoms with Crippen LogP contribution in [0, 0.1) is 0 Å². The van der Waals surface area contributed by atoms with E-state index in [-0.39, 0.29) is 34.1 Å². The Labute approximate surface area is 210 Å². The lowest BCUT2D eigenvalue weighted by Gasteiger charge is -2.40. The molecule has 6 N–H and O–H groups in total. The van der Waals surface area contributed by atoms with Gasteiger partial charge in [0.1, 0.15) is 21.8 Å². The molecule has 36 heavy (non-hydrogen) atoms. The molecule has 0 aromatic heterocycles. The first-order valence-electron chi connectivity index (χ1n) is 10.6. The van der Waals surface area contributed by atoms with Crippen LogP contribution < -0.4 is 15.5 Å². The maximum absolute atomic E-state index is 14.0. The van der Waals surface area contributed by atoms with E-state index in [4.69, 9.17) is 4.84 Å². The number of amidine groups is 1. The fraction of sp³-hybridized carbons (Fsp3) is 0.217. The molecule has 192 valence electrons. The highest BCUT2D eigenvalue weighted by Gasteiger charge is 2.50. The Morgan fingerprint density at radius 3 is 2.58 bits per heavy atom. The van der Waals surface area contributed by atoms with Gasteiger partial charge >= 0.3 is 0 Å². The second-order valence-electron chi connectivity index (χ2n) is 8.61. The molecule has 1 aliphatic heterocycles. The van der Waals surface area contributed by atoms with E-state index in [9.17, 15) is 27.4 Å². The molecular weight excluding hydrogens is 508 g/mol. The zero-order valence-corrected chi connectivity index (χ0v) is 21.3. The maximum Gasteiger partial charge on any atom is 0.229 e. The van der Waals surface area contributed by atoms with Crippen LogP contribution in [0.5, 0.6) is 0 Å². The summed E-state index contributed by atoms with van der Waals surface area (Å²) in [5.74, 6) is -1.28. The monoisotopic (exact) mass is 534 g/mol. The molecule has 11 nitrogen and oxygen atoms in total. The van der Waals surface area contributed by atoms with E-state index in [0.717, 1.165) is 6.26 Å². The molecule has 0 fully saturated rings. The van der Waals surface area contributed by atoms with E-state index in [1.807, 2.05) is 0 Å². The van der Waals surface area contributed by atoms with Crippen LogP contribution in [-0.4, -0.2) is 47.6 Å². The highest BCUT2D eigenvalue weighted by Crippen LogP contribution is 2.57. The highest BCUT2D eigenvalue weighted by atomic mass is 32.3. The number of ketones is 1. The van der Waals surface area contributed by atoms with E-state index >= 15 is 0 Å². The van der Waals surface area contributed by atoms with Crippen LogP contribution in [0.15, 0.2) is 69.5 Å². The molecule has 4 rings (SSSR count). The Balaban J connectivity index is 1.88. The van der Waals surface area contributed by atoms with Gasteiger partial charge in [0, 0.05) is 5.56 Å². The molecule has 2 aromatic carbocycles. The lowest BCUT2D eigenvalue weighted by molar-refractivity contribution is -0.128. The number of aliphatic hydroxyl groups excluding tert-OH is 1. The molecule has 2 aliphatic rings. The molecule has 1 unspecified atom stereocenters. The summed E-state index contributed by atoms with van der Waals surface area (Å²) in [5, 5.41) is 14.1. The van der Waals surface area contributed by atoms with E-state index < -0.39 is 37.9 Å². The van der Waals surface area contributed by atoms with Crippen molar-refractivity contribution in [2.24, 2.45) is 4.40 Å². The Morgan fingerprint density at radius 1 is 1.25 bits per heavy atom. The normalized spacial score (nSPS) is 21.6. The summed E-state index contributed by atoms with van der Waals surface area (Å²) in [6, 6.07) is 10.8. The van der Waals surface area contributed by atoms with Gasteiger partial charge in [0.15, 0.2) is 11.6 Å². The van der Waals surface area contributed by atoms with Crippen molar-refractivity contribution in [3.05, 3.63) is 71.3 Å². The molecule has 1 atom stereocenters. The summed E-state index contributed by atoms with van der Waals surface area (Å²) in [6.07, 6.45) is 1.08. The molecule has 1 aliphatic carbocycles. The summed E-state index contributed by atoms with van der Waals surface area (Å²) in [5.41, 5.74) is 2.75. The summed E-state index contributed by atoms with van der Waals surface area (Å²) < 4.78 is 51.1. The quantitative estimate of drug-likeness (QED) is 0.229. The summed E-state index contributed by atoms with van der Waals surface area (Å²) in [4.78, 5) is 19.2. The summed E-state index contributed by atoms with van der Waals surface area (Å²) in [6.45, 7) is 5.68. The smallest absolute Gasteiger partial charge is 0.229 e. The fourth-order valence-corrected chi connectivity index (χ4v) is 6.11. The zero-order chi connectivity index (χ0) is 26.5. The van der Waals surface area contributed by atoms with Crippen LogP contribution in [0.4, 0.5) is 11.4 Å². The largest absolute Gasteiger partial charge is 0.506 e. The third-order valence-corrected chi connectivity index (χ3v) is 7.60. The minimum absolute atomic E-state index is 0.0770. The number of sulfonamides is 1. The van der Waals surface area contributed by atoms with Crippen molar-refractivity contribution in [1.29, 1.82) is 0 Å². The Bertz CT molecular complexity index is 1450. The third-order valence-electron chi connectivity index (χ3n) is 5.63. The predicted octanol–water partition coefficient (Wildman–Crippen LogP) is 3.77. The van der Waals surface area contributed by atoms with Crippen molar-refractivity contribution in [2.75, 3.05) is 23.4 Å². The van der Waals surface area contributed by atoms with E-state index in [1.54, 1.807) is 31.2 Å². The van der Waals surface area contributed by atoms with Gasteiger partial charge < -0.3 is 15.3 Å². The fourth-order valence-electron chi connectivity index (χ4n) is 4.36. The van der Waals surface area contributed by atoms with Crippen molar-refractivity contribution >= 4 is 49.6 Å². The van der Waals surface area contributed by atoms with Crippen molar-refractivity contribution in [1.82, 2.24) is 5.48 Å². The highest BCUT2D eigenvalue weighted by molar-refractivity contribution is 8.23. The van der Waals surface area contributed by atoms with Crippen molar-refractivity contribution in [2.45, 2.75) is 23.8 Å². The van der Waals surface area contributed by atoms with Crippen molar-refractivity contribution in [3.8, 4) is 0 Å². The van der Waals surface area contributed by atoms with Crippen LogP contribution in [-0.2, 0) is 25.2 Å². The number of rotatable bonds is 7. The number of carbonyl (C=O) groups excluding carboxylic acids is 1. The number of nitrogens with one attached hydrogen (secondary N) is 3. The van der Waals surface area contributed by atoms with Gasteiger partial charge in [0.05, 0.1) is 24.7 Å². The number of hydrogen-bond donors (Lipinski definition) is 6. The number of benzene rings is 2. The number of nitrogens with zero attached hydrogens (tertiary/aromatic N) is 1. The van der Waals surface area contributed by atoms with E-state index in [2.05, 4.69) is 26.5 Å². The Hall–Kier alpha value is -3.20. The number of aliphatic hydroxyl groups is 1. The lowest BCUT2D eigenvalue weighted by atomic mass is 9.72. The van der Waals surface area contributed by atoms with Crippen LogP contribution >= 0.6 is 10.8 Å². The average Bonchev–Trinajstić information content (AvgIpc) is 2.77. The average molecular weight is 535 g/mol. The topological polar surface area (TPSA) is 170 Å². The first-order valence-corrected chi connectivity index (χ1v) is 14.0. The first-order chi connectivity index (χ1) is 16.8. The third kappa shape index (κ3) is 4.52. The van der Waals surface area contributed by atoms with E-state index in [1.165, 1.54) is 25.3 Å². The van der Waals surface area contributed by atoms with E-state index in [0.29, 0.717) is 16.7 Å². The second kappa shape index (κ2) is 9.03. The van der Waals surface area contributed by atoms with Crippen molar-refractivity contribution in [3.63, 3.8) is 0 Å². The van der Waals surface area contributed by atoms with Gasteiger partial charge in [-0.25, -0.2) is 8.42 Å². The molecule has 0 radical (unpaired) electrons. The molecule has 0 bridgehead atoms.